The van der Waals surface area contributed by atoms with Crippen LogP contribution < -0.4 is 0 Å². The summed E-state index contributed by atoms with van der Waals surface area (Å²) in [5, 5.41) is 9.10. The second kappa shape index (κ2) is 8.76. The number of piperidine rings is 1. The molecule has 6 nitrogen and oxygen atoms in total. The zero-order valence-electron chi connectivity index (χ0n) is 18.3. The van der Waals surface area contributed by atoms with Crippen LogP contribution in [0.1, 0.15) is 56.7 Å². The van der Waals surface area contributed by atoms with Gasteiger partial charge in [-0.25, -0.2) is 0 Å². The van der Waals surface area contributed by atoms with Crippen LogP contribution in [0.25, 0.3) is 0 Å². The Morgan fingerprint density at radius 3 is 2.59 bits per heavy atom. The molecule has 2 aromatic carbocycles. The maximum Gasteiger partial charge on any atom is 0.254 e. The summed E-state index contributed by atoms with van der Waals surface area (Å²) in [6.45, 7) is 4.92. The molecule has 0 aromatic heterocycles. The maximum atomic E-state index is 13.2. The molecule has 2 amide bonds. The van der Waals surface area contributed by atoms with Gasteiger partial charge in [0.05, 0.1) is 11.6 Å². The summed E-state index contributed by atoms with van der Waals surface area (Å²) in [6.07, 6.45) is 4.46. The Balaban J connectivity index is 1.27. The number of nitriles is 1. The lowest BCUT2D eigenvalue weighted by atomic mass is 9.95. The van der Waals surface area contributed by atoms with Gasteiger partial charge in [0, 0.05) is 49.9 Å². The lowest BCUT2D eigenvalue weighted by Crippen LogP contribution is -2.56. The molecule has 32 heavy (non-hydrogen) atoms. The summed E-state index contributed by atoms with van der Waals surface area (Å²) < 4.78 is 0. The van der Waals surface area contributed by atoms with Crippen LogP contribution >= 0.6 is 0 Å². The number of fused-ring (bicyclic) bond motifs is 2. The van der Waals surface area contributed by atoms with Crippen LogP contribution in [0.5, 0.6) is 0 Å². The van der Waals surface area contributed by atoms with E-state index in [1.54, 1.807) is 24.3 Å². The normalized spacial score (nSPS) is 20.8. The number of rotatable bonds is 2. The Morgan fingerprint density at radius 2 is 1.72 bits per heavy atom. The predicted molar refractivity (Wildman–Crippen MR) is 121 cm³/mol. The van der Waals surface area contributed by atoms with Gasteiger partial charge in [-0.3, -0.25) is 14.5 Å². The van der Waals surface area contributed by atoms with Crippen molar-refractivity contribution in [2.75, 3.05) is 32.7 Å². The van der Waals surface area contributed by atoms with Gasteiger partial charge in [0.2, 0.25) is 0 Å². The minimum Gasteiger partial charge on any atom is -0.336 e. The highest BCUT2D eigenvalue weighted by molar-refractivity contribution is 5.95. The average Bonchev–Trinajstić information content (AvgIpc) is 2.87. The number of benzene rings is 2. The molecular weight excluding hydrogens is 400 g/mol. The second-order valence-corrected chi connectivity index (χ2v) is 9.09. The summed E-state index contributed by atoms with van der Waals surface area (Å²) in [6, 6.07) is 15.4. The minimum atomic E-state index is -0.0572. The van der Waals surface area contributed by atoms with Crippen LogP contribution in [0.2, 0.25) is 0 Å². The van der Waals surface area contributed by atoms with Crippen LogP contribution in [0.4, 0.5) is 0 Å². The van der Waals surface area contributed by atoms with E-state index in [1.807, 2.05) is 28.0 Å². The smallest absolute Gasteiger partial charge is 0.254 e. The van der Waals surface area contributed by atoms with E-state index in [9.17, 15) is 9.59 Å². The molecule has 3 aliphatic heterocycles. The van der Waals surface area contributed by atoms with Gasteiger partial charge < -0.3 is 9.80 Å². The Morgan fingerprint density at radius 1 is 0.875 bits per heavy atom. The summed E-state index contributed by atoms with van der Waals surface area (Å²) in [4.78, 5) is 32.5. The van der Waals surface area contributed by atoms with Crippen LogP contribution in [0.3, 0.4) is 0 Å². The SMILES string of the molecule is N#Cc1cccc(C(=O)N2CCc3cc(C(=O)N4CCN5CCCCC5C4)ccc3C2)c1. The van der Waals surface area contributed by atoms with Crippen LogP contribution in [-0.2, 0) is 13.0 Å². The predicted octanol–water partition coefficient (Wildman–Crippen LogP) is 3.07. The van der Waals surface area contributed by atoms with Gasteiger partial charge in [0.15, 0.2) is 0 Å². The van der Waals surface area contributed by atoms with Gasteiger partial charge in [0.1, 0.15) is 0 Å². The van der Waals surface area contributed by atoms with Crippen molar-refractivity contribution in [3.8, 4) is 6.07 Å². The molecule has 164 valence electrons. The van der Waals surface area contributed by atoms with Crippen molar-refractivity contribution in [3.05, 3.63) is 70.3 Å². The van der Waals surface area contributed by atoms with Crippen molar-refractivity contribution in [1.29, 1.82) is 5.26 Å². The van der Waals surface area contributed by atoms with Crippen LogP contribution in [0.15, 0.2) is 42.5 Å². The molecule has 1 unspecified atom stereocenters. The topological polar surface area (TPSA) is 67.6 Å². The molecule has 3 aliphatic rings. The lowest BCUT2D eigenvalue weighted by Gasteiger charge is -2.44. The molecule has 0 radical (unpaired) electrons. The van der Waals surface area contributed by atoms with Gasteiger partial charge >= 0.3 is 0 Å². The highest BCUT2D eigenvalue weighted by atomic mass is 16.2. The van der Waals surface area contributed by atoms with E-state index in [4.69, 9.17) is 5.26 Å². The number of piperazine rings is 1. The summed E-state index contributed by atoms with van der Waals surface area (Å²) in [5.41, 5.74) is 4.04. The molecule has 2 aromatic rings. The fourth-order valence-corrected chi connectivity index (χ4v) is 5.29. The van der Waals surface area contributed by atoms with Crippen molar-refractivity contribution in [2.24, 2.45) is 0 Å². The largest absolute Gasteiger partial charge is 0.336 e. The Labute approximate surface area is 189 Å². The highest BCUT2D eigenvalue weighted by Crippen LogP contribution is 2.25. The average molecular weight is 429 g/mol. The fraction of sp³-hybridized carbons (Fsp3) is 0.423. The van der Waals surface area contributed by atoms with Crippen molar-refractivity contribution < 1.29 is 9.59 Å². The maximum absolute atomic E-state index is 13.2. The molecule has 1 atom stereocenters. The van der Waals surface area contributed by atoms with Gasteiger partial charge in [-0.05, 0) is 67.3 Å². The number of carbonyl (C=O) groups is 2. The van der Waals surface area contributed by atoms with E-state index in [0.29, 0.717) is 30.3 Å². The number of nitrogens with zero attached hydrogens (tertiary/aromatic N) is 4. The van der Waals surface area contributed by atoms with E-state index in [0.717, 1.165) is 42.7 Å². The Bertz CT molecular complexity index is 1090. The van der Waals surface area contributed by atoms with Gasteiger partial charge in [0.25, 0.3) is 11.8 Å². The number of amides is 2. The standard InChI is InChI=1S/C26H28N4O2/c27-16-19-4-3-5-21(14-19)25(31)29-11-9-20-15-22(7-8-23(20)17-29)26(32)30-13-12-28-10-2-1-6-24(28)18-30/h3-5,7-8,14-15,24H,1-2,6,9-13,17-18H2. The molecule has 2 saturated heterocycles. The molecule has 0 N–H and O–H groups in total. The van der Waals surface area contributed by atoms with E-state index in [1.165, 1.54) is 25.8 Å². The molecule has 0 saturated carbocycles. The minimum absolute atomic E-state index is 0.0572. The summed E-state index contributed by atoms with van der Waals surface area (Å²) in [7, 11) is 0. The zero-order valence-corrected chi connectivity index (χ0v) is 18.3. The molecule has 5 rings (SSSR count). The molecule has 0 aliphatic carbocycles. The first kappa shape index (κ1) is 20.7. The molecule has 2 fully saturated rings. The first-order valence-corrected chi connectivity index (χ1v) is 11.6. The first-order valence-electron chi connectivity index (χ1n) is 11.6. The van der Waals surface area contributed by atoms with Crippen LogP contribution in [0, 0.1) is 11.3 Å². The molecule has 0 spiro atoms. The third-order valence-corrected chi connectivity index (χ3v) is 7.12. The van der Waals surface area contributed by atoms with Crippen molar-refractivity contribution in [2.45, 2.75) is 38.3 Å². The third-order valence-electron chi connectivity index (χ3n) is 7.12. The van der Waals surface area contributed by atoms with E-state index < -0.39 is 0 Å². The van der Waals surface area contributed by atoms with Crippen molar-refractivity contribution >= 4 is 11.8 Å². The highest BCUT2D eigenvalue weighted by Gasteiger charge is 2.32. The molecule has 0 bridgehead atoms. The van der Waals surface area contributed by atoms with Gasteiger partial charge in [-0.2, -0.15) is 5.26 Å². The monoisotopic (exact) mass is 428 g/mol. The fourth-order valence-electron chi connectivity index (χ4n) is 5.29. The van der Waals surface area contributed by atoms with E-state index >= 15 is 0 Å². The zero-order chi connectivity index (χ0) is 22.1. The van der Waals surface area contributed by atoms with Gasteiger partial charge in [-0.1, -0.05) is 18.6 Å². The quantitative estimate of drug-likeness (QED) is 0.737. The van der Waals surface area contributed by atoms with E-state index in [2.05, 4.69) is 11.0 Å². The molecule has 6 heteroatoms. The second-order valence-electron chi connectivity index (χ2n) is 9.09. The van der Waals surface area contributed by atoms with Crippen LogP contribution in [-0.4, -0.2) is 65.3 Å². The number of hydrogen-bond donors (Lipinski definition) is 0. The number of hydrogen-bond acceptors (Lipinski definition) is 4. The lowest BCUT2D eigenvalue weighted by molar-refractivity contribution is 0.0372. The summed E-state index contributed by atoms with van der Waals surface area (Å²) >= 11 is 0. The number of carbonyl (C=O) groups excluding carboxylic acids is 2. The molecular formula is C26H28N4O2. The Kier molecular flexibility index (Phi) is 5.67. The first-order chi connectivity index (χ1) is 15.6. The molecule has 3 heterocycles. The van der Waals surface area contributed by atoms with Crippen molar-refractivity contribution in [1.82, 2.24) is 14.7 Å². The summed E-state index contributed by atoms with van der Waals surface area (Å²) in [5.74, 6) is 0.0723. The van der Waals surface area contributed by atoms with E-state index in [-0.39, 0.29) is 11.8 Å². The third kappa shape index (κ3) is 4.01. The van der Waals surface area contributed by atoms with Crippen molar-refractivity contribution in [3.63, 3.8) is 0 Å². The Hall–Kier alpha value is -3.17. The van der Waals surface area contributed by atoms with Gasteiger partial charge in [-0.15, -0.1) is 0 Å².